The van der Waals surface area contributed by atoms with Crippen molar-refractivity contribution in [3.8, 4) is 5.75 Å². The van der Waals surface area contributed by atoms with Gasteiger partial charge < -0.3 is 4.74 Å². The maximum atomic E-state index is 11.8. The molecule has 0 amide bonds. The lowest BCUT2D eigenvalue weighted by Crippen LogP contribution is -2.17. The van der Waals surface area contributed by atoms with Crippen molar-refractivity contribution >= 4 is 15.9 Å². The second-order valence-electron chi connectivity index (χ2n) is 2.48. The van der Waals surface area contributed by atoms with Crippen LogP contribution in [0, 0.1) is 6.92 Å². The van der Waals surface area contributed by atoms with Gasteiger partial charge in [0.15, 0.2) is 0 Å². The molecule has 0 aliphatic carbocycles. The standard InChI is InChI=1S/C8H6BrF3O/c1-5-2-3-6(9)7(4-5)13-8(10,11)12/h2-4H,1H3. The van der Waals surface area contributed by atoms with Crippen molar-refractivity contribution in [2.24, 2.45) is 0 Å². The van der Waals surface area contributed by atoms with Gasteiger partial charge in [0, 0.05) is 0 Å². The van der Waals surface area contributed by atoms with Crippen LogP contribution in [0.5, 0.6) is 5.75 Å². The Morgan fingerprint density at radius 1 is 1.31 bits per heavy atom. The number of aryl methyl sites for hydroxylation is 1. The first-order valence-electron chi connectivity index (χ1n) is 3.40. The van der Waals surface area contributed by atoms with E-state index in [-0.39, 0.29) is 10.2 Å². The van der Waals surface area contributed by atoms with Gasteiger partial charge >= 0.3 is 6.36 Å². The molecule has 5 heteroatoms. The highest BCUT2D eigenvalue weighted by atomic mass is 79.9. The van der Waals surface area contributed by atoms with E-state index in [0.717, 1.165) is 0 Å². The van der Waals surface area contributed by atoms with E-state index >= 15 is 0 Å². The van der Waals surface area contributed by atoms with Crippen molar-refractivity contribution < 1.29 is 17.9 Å². The second kappa shape index (κ2) is 3.57. The first-order chi connectivity index (χ1) is 5.88. The molecule has 0 atom stereocenters. The Hall–Kier alpha value is -0.710. The summed E-state index contributed by atoms with van der Waals surface area (Å²) in [6.45, 7) is 1.69. The van der Waals surface area contributed by atoms with E-state index in [4.69, 9.17) is 0 Å². The smallest absolute Gasteiger partial charge is 0.405 e. The van der Waals surface area contributed by atoms with Crippen LogP contribution in [-0.2, 0) is 0 Å². The quantitative estimate of drug-likeness (QED) is 0.744. The van der Waals surface area contributed by atoms with Crippen LogP contribution in [0.3, 0.4) is 0 Å². The van der Waals surface area contributed by atoms with Crippen LogP contribution >= 0.6 is 15.9 Å². The summed E-state index contributed by atoms with van der Waals surface area (Å²) >= 11 is 2.96. The molecule has 1 aromatic carbocycles. The molecule has 0 saturated heterocycles. The average molecular weight is 255 g/mol. The van der Waals surface area contributed by atoms with Gasteiger partial charge in [0.25, 0.3) is 0 Å². The van der Waals surface area contributed by atoms with E-state index < -0.39 is 6.36 Å². The molecule has 0 saturated carbocycles. The lowest BCUT2D eigenvalue weighted by Gasteiger charge is -2.10. The first-order valence-corrected chi connectivity index (χ1v) is 4.20. The lowest BCUT2D eigenvalue weighted by atomic mass is 10.2. The molecule has 72 valence electrons. The zero-order valence-corrected chi connectivity index (χ0v) is 8.24. The van der Waals surface area contributed by atoms with Crippen molar-refractivity contribution in [1.82, 2.24) is 0 Å². The molecule has 0 aromatic heterocycles. The normalized spacial score (nSPS) is 11.5. The number of hydrogen-bond acceptors (Lipinski definition) is 1. The Labute approximate surface area is 81.6 Å². The Morgan fingerprint density at radius 3 is 2.46 bits per heavy atom. The van der Waals surface area contributed by atoms with Crippen LogP contribution in [0.1, 0.15) is 5.56 Å². The van der Waals surface area contributed by atoms with E-state index in [1.54, 1.807) is 13.0 Å². The summed E-state index contributed by atoms with van der Waals surface area (Å²) < 4.78 is 39.5. The number of alkyl halides is 3. The van der Waals surface area contributed by atoms with Gasteiger partial charge in [0.1, 0.15) is 5.75 Å². The van der Waals surface area contributed by atoms with Crippen molar-refractivity contribution in [1.29, 1.82) is 0 Å². The van der Waals surface area contributed by atoms with E-state index in [0.29, 0.717) is 5.56 Å². The monoisotopic (exact) mass is 254 g/mol. The van der Waals surface area contributed by atoms with E-state index in [9.17, 15) is 13.2 Å². The highest BCUT2D eigenvalue weighted by Gasteiger charge is 2.31. The van der Waals surface area contributed by atoms with Crippen LogP contribution in [0.2, 0.25) is 0 Å². The van der Waals surface area contributed by atoms with Crippen molar-refractivity contribution in [3.63, 3.8) is 0 Å². The van der Waals surface area contributed by atoms with Gasteiger partial charge in [-0.1, -0.05) is 6.07 Å². The number of ether oxygens (including phenoxy) is 1. The lowest BCUT2D eigenvalue weighted by molar-refractivity contribution is -0.274. The van der Waals surface area contributed by atoms with Gasteiger partial charge in [0.2, 0.25) is 0 Å². The molecule has 0 N–H and O–H groups in total. The molecule has 0 heterocycles. The van der Waals surface area contributed by atoms with Crippen LogP contribution < -0.4 is 4.74 Å². The number of rotatable bonds is 1. The zero-order valence-electron chi connectivity index (χ0n) is 6.65. The summed E-state index contributed by atoms with van der Waals surface area (Å²) in [5.74, 6) is -0.215. The molecule has 0 fully saturated rings. The Balaban J connectivity index is 2.94. The molecule has 0 spiro atoms. The maximum absolute atomic E-state index is 11.8. The Bertz CT molecular complexity index is 309. The third kappa shape index (κ3) is 3.26. The van der Waals surface area contributed by atoms with Crippen LogP contribution in [0.15, 0.2) is 22.7 Å². The number of halogens is 4. The molecule has 0 bridgehead atoms. The molecule has 1 aromatic rings. The number of benzene rings is 1. The molecule has 0 aliphatic heterocycles. The van der Waals surface area contributed by atoms with Gasteiger partial charge in [-0.3, -0.25) is 0 Å². The van der Waals surface area contributed by atoms with Crippen LogP contribution in [-0.4, -0.2) is 6.36 Å². The summed E-state index contributed by atoms with van der Waals surface area (Å²) in [6.07, 6.45) is -4.64. The highest BCUT2D eigenvalue weighted by Crippen LogP contribution is 2.30. The summed E-state index contributed by atoms with van der Waals surface area (Å²) in [5, 5.41) is 0. The minimum atomic E-state index is -4.64. The largest absolute Gasteiger partial charge is 0.573 e. The second-order valence-corrected chi connectivity index (χ2v) is 3.34. The van der Waals surface area contributed by atoms with Gasteiger partial charge in [-0.15, -0.1) is 13.2 Å². The van der Waals surface area contributed by atoms with Crippen molar-refractivity contribution in [2.75, 3.05) is 0 Å². The van der Waals surface area contributed by atoms with Gasteiger partial charge in [0.05, 0.1) is 4.47 Å². The SMILES string of the molecule is Cc1ccc(Br)c(OC(F)(F)F)c1. The minimum Gasteiger partial charge on any atom is -0.405 e. The highest BCUT2D eigenvalue weighted by molar-refractivity contribution is 9.10. The number of hydrogen-bond donors (Lipinski definition) is 0. The summed E-state index contributed by atoms with van der Waals surface area (Å²) in [6, 6.07) is 4.52. The summed E-state index contributed by atoms with van der Waals surface area (Å²) in [7, 11) is 0. The average Bonchev–Trinajstić information content (AvgIpc) is 1.94. The first kappa shape index (κ1) is 10.4. The fourth-order valence-corrected chi connectivity index (χ4v) is 1.14. The van der Waals surface area contributed by atoms with Gasteiger partial charge in [-0.2, -0.15) is 0 Å². The molecule has 13 heavy (non-hydrogen) atoms. The fourth-order valence-electron chi connectivity index (χ4n) is 0.813. The summed E-state index contributed by atoms with van der Waals surface area (Å²) in [4.78, 5) is 0. The van der Waals surface area contributed by atoms with E-state index in [1.165, 1.54) is 12.1 Å². The zero-order chi connectivity index (χ0) is 10.1. The van der Waals surface area contributed by atoms with E-state index in [1.807, 2.05) is 0 Å². The minimum absolute atomic E-state index is 0.215. The maximum Gasteiger partial charge on any atom is 0.573 e. The third-order valence-electron chi connectivity index (χ3n) is 1.31. The predicted octanol–water partition coefficient (Wildman–Crippen LogP) is 3.66. The molecular formula is C8H6BrF3O. The molecule has 1 rings (SSSR count). The Kier molecular flexibility index (Phi) is 2.85. The predicted molar refractivity (Wildman–Crippen MR) is 45.6 cm³/mol. The molecule has 0 unspecified atom stereocenters. The molecule has 0 radical (unpaired) electrons. The molecule has 0 aliphatic rings. The van der Waals surface area contributed by atoms with Gasteiger partial charge in [-0.05, 0) is 40.5 Å². The molecular weight excluding hydrogens is 249 g/mol. The summed E-state index contributed by atoms with van der Waals surface area (Å²) in [5.41, 5.74) is 0.711. The fraction of sp³-hybridized carbons (Fsp3) is 0.250. The van der Waals surface area contributed by atoms with Crippen LogP contribution in [0.4, 0.5) is 13.2 Å². The van der Waals surface area contributed by atoms with Crippen LogP contribution in [0.25, 0.3) is 0 Å². The molecule has 1 nitrogen and oxygen atoms in total. The van der Waals surface area contributed by atoms with Crippen molar-refractivity contribution in [3.05, 3.63) is 28.2 Å². The van der Waals surface area contributed by atoms with Crippen molar-refractivity contribution in [2.45, 2.75) is 13.3 Å². The van der Waals surface area contributed by atoms with E-state index in [2.05, 4.69) is 20.7 Å². The third-order valence-corrected chi connectivity index (χ3v) is 1.97. The topological polar surface area (TPSA) is 9.23 Å². The Morgan fingerprint density at radius 2 is 1.92 bits per heavy atom. The van der Waals surface area contributed by atoms with Gasteiger partial charge in [-0.25, -0.2) is 0 Å².